The molecule has 0 saturated carbocycles. The Balaban J connectivity index is 1.69. The summed E-state index contributed by atoms with van der Waals surface area (Å²) >= 11 is 0. The summed E-state index contributed by atoms with van der Waals surface area (Å²) in [6.07, 6.45) is 3.35. The third-order valence-electron chi connectivity index (χ3n) is 3.38. The number of pyridine rings is 1. The van der Waals surface area contributed by atoms with Crippen molar-refractivity contribution >= 4 is 11.6 Å². The zero-order valence-electron chi connectivity index (χ0n) is 12.9. The van der Waals surface area contributed by atoms with Crippen molar-refractivity contribution in [3.05, 3.63) is 59.7 Å². The van der Waals surface area contributed by atoms with E-state index in [-0.39, 0.29) is 12.3 Å². The van der Waals surface area contributed by atoms with Crippen LogP contribution in [0.25, 0.3) is 11.5 Å². The Morgan fingerprint density at radius 1 is 1.17 bits per heavy atom. The van der Waals surface area contributed by atoms with Gasteiger partial charge in [0, 0.05) is 23.6 Å². The standard InChI is InChI=1S/C17H16N4O2/c1-11-3-4-12(2)14(9-11)19-16(22)10-15-20-17(23-21-15)13-5-7-18-8-6-13/h3-9H,10H2,1-2H3,(H,19,22). The summed E-state index contributed by atoms with van der Waals surface area (Å²) in [7, 11) is 0. The van der Waals surface area contributed by atoms with Crippen LogP contribution < -0.4 is 5.32 Å². The van der Waals surface area contributed by atoms with Crippen molar-refractivity contribution in [1.29, 1.82) is 0 Å². The normalized spacial score (nSPS) is 10.5. The molecule has 0 saturated heterocycles. The lowest BCUT2D eigenvalue weighted by Crippen LogP contribution is -2.16. The van der Waals surface area contributed by atoms with Gasteiger partial charge in [-0.3, -0.25) is 9.78 Å². The number of hydrogen-bond acceptors (Lipinski definition) is 5. The second kappa shape index (κ2) is 6.39. The van der Waals surface area contributed by atoms with Crippen LogP contribution in [0.1, 0.15) is 17.0 Å². The van der Waals surface area contributed by atoms with Crippen molar-refractivity contribution < 1.29 is 9.32 Å². The molecule has 2 aromatic heterocycles. The Kier molecular flexibility index (Phi) is 4.14. The van der Waals surface area contributed by atoms with E-state index in [9.17, 15) is 4.79 Å². The van der Waals surface area contributed by atoms with E-state index in [1.807, 2.05) is 32.0 Å². The van der Waals surface area contributed by atoms with E-state index in [0.717, 1.165) is 22.4 Å². The molecule has 0 unspecified atom stereocenters. The number of nitrogens with zero attached hydrogens (tertiary/aromatic N) is 3. The first-order chi connectivity index (χ1) is 11.1. The van der Waals surface area contributed by atoms with E-state index in [1.165, 1.54) is 0 Å². The minimum absolute atomic E-state index is 0.0575. The van der Waals surface area contributed by atoms with Crippen LogP contribution in [0.2, 0.25) is 0 Å². The number of rotatable bonds is 4. The van der Waals surface area contributed by atoms with E-state index in [2.05, 4.69) is 20.4 Å². The van der Waals surface area contributed by atoms with Crippen LogP contribution in [-0.2, 0) is 11.2 Å². The summed E-state index contributed by atoms with van der Waals surface area (Å²) in [6.45, 7) is 3.93. The summed E-state index contributed by atoms with van der Waals surface area (Å²) < 4.78 is 5.18. The Hall–Kier alpha value is -3.02. The van der Waals surface area contributed by atoms with Crippen molar-refractivity contribution in [3.63, 3.8) is 0 Å². The molecule has 0 fully saturated rings. The van der Waals surface area contributed by atoms with E-state index >= 15 is 0 Å². The number of carbonyl (C=O) groups is 1. The van der Waals surface area contributed by atoms with E-state index in [4.69, 9.17) is 4.52 Å². The summed E-state index contributed by atoms with van der Waals surface area (Å²) in [6, 6.07) is 9.46. The highest BCUT2D eigenvalue weighted by Gasteiger charge is 2.13. The van der Waals surface area contributed by atoms with E-state index in [0.29, 0.717) is 11.7 Å². The van der Waals surface area contributed by atoms with Crippen LogP contribution in [0.3, 0.4) is 0 Å². The lowest BCUT2D eigenvalue weighted by molar-refractivity contribution is -0.115. The fourth-order valence-corrected chi connectivity index (χ4v) is 2.15. The molecule has 1 aromatic carbocycles. The monoisotopic (exact) mass is 308 g/mol. The molecule has 0 aliphatic rings. The smallest absolute Gasteiger partial charge is 0.258 e. The number of carbonyl (C=O) groups excluding carboxylic acids is 1. The fraction of sp³-hybridized carbons (Fsp3) is 0.176. The maximum Gasteiger partial charge on any atom is 0.258 e. The average Bonchev–Trinajstić information content (AvgIpc) is 3.00. The van der Waals surface area contributed by atoms with Gasteiger partial charge in [0.2, 0.25) is 5.91 Å². The second-order valence-electron chi connectivity index (χ2n) is 5.29. The van der Waals surface area contributed by atoms with Crippen LogP contribution in [0.5, 0.6) is 0 Å². The Bertz CT molecular complexity index is 828. The molecule has 0 spiro atoms. The van der Waals surface area contributed by atoms with Crippen molar-refractivity contribution in [3.8, 4) is 11.5 Å². The molecule has 3 aromatic rings. The molecule has 116 valence electrons. The van der Waals surface area contributed by atoms with Gasteiger partial charge >= 0.3 is 0 Å². The summed E-state index contributed by atoms with van der Waals surface area (Å²) in [4.78, 5) is 20.3. The molecule has 3 rings (SSSR count). The fourth-order valence-electron chi connectivity index (χ4n) is 2.15. The first-order valence-corrected chi connectivity index (χ1v) is 7.22. The van der Waals surface area contributed by atoms with Crippen molar-refractivity contribution in [2.45, 2.75) is 20.3 Å². The minimum atomic E-state index is -0.180. The minimum Gasteiger partial charge on any atom is -0.334 e. The Morgan fingerprint density at radius 3 is 2.74 bits per heavy atom. The third kappa shape index (κ3) is 3.60. The van der Waals surface area contributed by atoms with Gasteiger partial charge in [0.15, 0.2) is 5.82 Å². The summed E-state index contributed by atoms with van der Waals surface area (Å²) in [5, 5.41) is 6.72. The van der Waals surface area contributed by atoms with Crippen molar-refractivity contribution in [1.82, 2.24) is 15.1 Å². The molecule has 1 amide bonds. The first kappa shape index (κ1) is 14.9. The lowest BCUT2D eigenvalue weighted by atomic mass is 10.1. The molecule has 0 atom stereocenters. The predicted molar refractivity (Wildman–Crippen MR) is 85.8 cm³/mol. The summed E-state index contributed by atoms with van der Waals surface area (Å²) in [5.74, 6) is 0.544. The van der Waals surface area contributed by atoms with Crippen LogP contribution in [-0.4, -0.2) is 21.0 Å². The predicted octanol–water partition coefficient (Wildman–Crippen LogP) is 2.93. The Morgan fingerprint density at radius 2 is 1.96 bits per heavy atom. The van der Waals surface area contributed by atoms with Crippen LogP contribution in [0.4, 0.5) is 5.69 Å². The third-order valence-corrected chi connectivity index (χ3v) is 3.38. The zero-order valence-corrected chi connectivity index (χ0v) is 12.9. The van der Waals surface area contributed by atoms with Gasteiger partial charge in [-0.25, -0.2) is 0 Å². The molecule has 1 N–H and O–H groups in total. The highest BCUT2D eigenvalue weighted by Crippen LogP contribution is 2.18. The first-order valence-electron chi connectivity index (χ1n) is 7.22. The van der Waals surface area contributed by atoms with Crippen LogP contribution in [0, 0.1) is 13.8 Å². The van der Waals surface area contributed by atoms with Gasteiger partial charge in [0.25, 0.3) is 5.89 Å². The molecule has 2 heterocycles. The molecule has 0 aliphatic carbocycles. The van der Waals surface area contributed by atoms with E-state index in [1.54, 1.807) is 24.5 Å². The quantitative estimate of drug-likeness (QED) is 0.801. The second-order valence-corrected chi connectivity index (χ2v) is 5.29. The zero-order chi connectivity index (χ0) is 16.2. The van der Waals surface area contributed by atoms with Gasteiger partial charge in [-0.1, -0.05) is 17.3 Å². The van der Waals surface area contributed by atoms with Crippen LogP contribution in [0.15, 0.2) is 47.2 Å². The number of nitrogens with one attached hydrogen (secondary N) is 1. The molecule has 0 radical (unpaired) electrons. The number of aromatic nitrogens is 3. The summed E-state index contributed by atoms with van der Waals surface area (Å²) in [5.41, 5.74) is 3.67. The SMILES string of the molecule is Cc1ccc(C)c(NC(=O)Cc2noc(-c3ccncc3)n2)c1. The van der Waals surface area contributed by atoms with Gasteiger partial charge in [-0.2, -0.15) is 4.98 Å². The number of anilines is 1. The topological polar surface area (TPSA) is 80.9 Å². The molecule has 6 nitrogen and oxygen atoms in total. The molecular weight excluding hydrogens is 292 g/mol. The molecule has 23 heavy (non-hydrogen) atoms. The van der Waals surface area contributed by atoms with E-state index < -0.39 is 0 Å². The van der Waals surface area contributed by atoms with Gasteiger partial charge in [0.1, 0.15) is 0 Å². The number of benzene rings is 1. The maximum atomic E-state index is 12.1. The molecule has 0 aliphatic heterocycles. The molecular formula is C17H16N4O2. The van der Waals surface area contributed by atoms with Crippen LogP contribution >= 0.6 is 0 Å². The van der Waals surface area contributed by atoms with Crippen molar-refractivity contribution in [2.75, 3.05) is 5.32 Å². The van der Waals surface area contributed by atoms with Gasteiger partial charge in [0.05, 0.1) is 6.42 Å². The maximum absolute atomic E-state index is 12.1. The van der Waals surface area contributed by atoms with Crippen molar-refractivity contribution in [2.24, 2.45) is 0 Å². The molecule has 6 heteroatoms. The van der Waals surface area contributed by atoms with Gasteiger partial charge in [-0.05, 0) is 43.2 Å². The Labute approximate surface area is 133 Å². The number of hydrogen-bond donors (Lipinski definition) is 1. The molecule has 0 bridgehead atoms. The van der Waals surface area contributed by atoms with Gasteiger partial charge < -0.3 is 9.84 Å². The highest BCUT2D eigenvalue weighted by molar-refractivity contribution is 5.92. The van der Waals surface area contributed by atoms with Gasteiger partial charge in [-0.15, -0.1) is 0 Å². The average molecular weight is 308 g/mol. The largest absolute Gasteiger partial charge is 0.334 e. The number of amides is 1. The highest BCUT2D eigenvalue weighted by atomic mass is 16.5. The number of aryl methyl sites for hydroxylation is 2. The lowest BCUT2D eigenvalue weighted by Gasteiger charge is -2.08.